The lowest BCUT2D eigenvalue weighted by molar-refractivity contribution is 0.296. The van der Waals surface area contributed by atoms with Gasteiger partial charge in [-0.1, -0.05) is 30.3 Å². The molecule has 2 aromatic carbocycles. The van der Waals surface area contributed by atoms with E-state index in [-0.39, 0.29) is 12.3 Å². The Labute approximate surface area is 106 Å². The fraction of sp³-hybridized carbons (Fsp3) is 0.200. The summed E-state index contributed by atoms with van der Waals surface area (Å²) in [6.07, 6.45) is 0. The van der Waals surface area contributed by atoms with Crippen LogP contribution in [-0.4, -0.2) is 0 Å². The molecule has 0 spiro atoms. The maximum absolute atomic E-state index is 13.7. The Morgan fingerprint density at radius 3 is 2.33 bits per heavy atom. The lowest BCUT2D eigenvalue weighted by Gasteiger charge is -2.12. The molecule has 0 saturated heterocycles. The number of aryl methyl sites for hydroxylation is 2. The maximum Gasteiger partial charge on any atom is 0.152 e. The molecule has 0 saturated carbocycles. The molecule has 18 heavy (non-hydrogen) atoms. The predicted octanol–water partition coefficient (Wildman–Crippen LogP) is 3.60. The zero-order valence-corrected chi connectivity index (χ0v) is 10.5. The van der Waals surface area contributed by atoms with Gasteiger partial charge in [-0.2, -0.15) is 0 Å². The number of nitrogens with two attached hydrogens (primary N) is 1. The zero-order chi connectivity index (χ0) is 13.1. The van der Waals surface area contributed by atoms with Crippen LogP contribution in [-0.2, 0) is 6.61 Å². The minimum absolute atomic E-state index is 0.151. The van der Waals surface area contributed by atoms with Gasteiger partial charge in [0.2, 0.25) is 0 Å². The Hall–Kier alpha value is -2.03. The van der Waals surface area contributed by atoms with Crippen molar-refractivity contribution in [1.29, 1.82) is 0 Å². The Kier molecular flexibility index (Phi) is 3.51. The minimum atomic E-state index is -0.399. The molecular formula is C15H16FNO. The van der Waals surface area contributed by atoms with Crippen LogP contribution in [0.1, 0.15) is 16.7 Å². The van der Waals surface area contributed by atoms with Crippen molar-refractivity contribution in [2.24, 2.45) is 0 Å². The fourth-order valence-electron chi connectivity index (χ4n) is 1.89. The van der Waals surface area contributed by atoms with Gasteiger partial charge in [-0.05, 0) is 31.0 Å². The Balaban J connectivity index is 2.19. The van der Waals surface area contributed by atoms with E-state index < -0.39 is 5.82 Å². The molecule has 2 aromatic rings. The average Bonchev–Trinajstić information content (AvgIpc) is 2.33. The van der Waals surface area contributed by atoms with Gasteiger partial charge in [-0.3, -0.25) is 0 Å². The van der Waals surface area contributed by atoms with E-state index in [1.54, 1.807) is 12.1 Å². The molecule has 0 heterocycles. The first kappa shape index (κ1) is 12.4. The first-order valence-electron chi connectivity index (χ1n) is 5.81. The van der Waals surface area contributed by atoms with Gasteiger partial charge in [-0.25, -0.2) is 4.39 Å². The Bertz CT molecular complexity index is 546. The summed E-state index contributed by atoms with van der Waals surface area (Å²) in [5, 5.41) is 0. The smallest absolute Gasteiger partial charge is 0.152 e. The molecular weight excluding hydrogens is 229 g/mol. The van der Waals surface area contributed by atoms with E-state index in [9.17, 15) is 4.39 Å². The molecule has 0 amide bonds. The van der Waals surface area contributed by atoms with Crippen LogP contribution in [0.4, 0.5) is 10.1 Å². The van der Waals surface area contributed by atoms with Gasteiger partial charge in [0.15, 0.2) is 5.82 Å². The van der Waals surface area contributed by atoms with Crippen LogP contribution >= 0.6 is 0 Å². The molecule has 3 heteroatoms. The van der Waals surface area contributed by atoms with Crippen LogP contribution in [0.5, 0.6) is 5.75 Å². The quantitative estimate of drug-likeness (QED) is 0.838. The van der Waals surface area contributed by atoms with Crippen molar-refractivity contribution in [3.05, 3.63) is 58.9 Å². The third-order valence-corrected chi connectivity index (χ3v) is 2.89. The van der Waals surface area contributed by atoms with Crippen LogP contribution in [0.15, 0.2) is 36.4 Å². The van der Waals surface area contributed by atoms with Crippen molar-refractivity contribution in [3.63, 3.8) is 0 Å². The molecule has 0 fully saturated rings. The summed E-state index contributed by atoms with van der Waals surface area (Å²) in [4.78, 5) is 0. The van der Waals surface area contributed by atoms with E-state index in [4.69, 9.17) is 10.5 Å². The lowest BCUT2D eigenvalue weighted by Crippen LogP contribution is -2.03. The van der Waals surface area contributed by atoms with Gasteiger partial charge in [0.25, 0.3) is 0 Å². The van der Waals surface area contributed by atoms with Crippen molar-refractivity contribution in [1.82, 2.24) is 0 Å². The number of hydrogen-bond acceptors (Lipinski definition) is 2. The maximum atomic E-state index is 13.7. The Morgan fingerprint density at radius 1 is 1.06 bits per heavy atom. The standard InChI is InChI=1S/C15H16FNO/c1-10-5-3-6-11(2)15(10)18-9-12-7-4-8-13(17)14(12)16/h3-8H,9,17H2,1-2H3. The van der Waals surface area contributed by atoms with Crippen molar-refractivity contribution in [2.45, 2.75) is 20.5 Å². The Morgan fingerprint density at radius 2 is 1.67 bits per heavy atom. The molecule has 94 valence electrons. The molecule has 0 aliphatic rings. The highest BCUT2D eigenvalue weighted by atomic mass is 19.1. The largest absolute Gasteiger partial charge is 0.488 e. The monoisotopic (exact) mass is 245 g/mol. The summed E-state index contributed by atoms with van der Waals surface area (Å²) in [6.45, 7) is 4.12. The van der Waals surface area contributed by atoms with Crippen LogP contribution in [0.2, 0.25) is 0 Å². The molecule has 0 aliphatic heterocycles. The number of ether oxygens (including phenoxy) is 1. The summed E-state index contributed by atoms with van der Waals surface area (Å²) >= 11 is 0. The van der Waals surface area contributed by atoms with Crippen molar-refractivity contribution < 1.29 is 9.13 Å². The predicted molar refractivity (Wildman–Crippen MR) is 71.1 cm³/mol. The first-order chi connectivity index (χ1) is 8.59. The number of nitrogen functional groups attached to an aromatic ring is 1. The number of anilines is 1. The highest BCUT2D eigenvalue weighted by Crippen LogP contribution is 2.24. The van der Waals surface area contributed by atoms with E-state index in [2.05, 4.69) is 0 Å². The molecule has 0 radical (unpaired) electrons. The van der Waals surface area contributed by atoms with Crippen LogP contribution < -0.4 is 10.5 Å². The number of halogens is 1. The number of rotatable bonds is 3. The summed E-state index contributed by atoms with van der Waals surface area (Å²) in [6, 6.07) is 10.9. The normalized spacial score (nSPS) is 10.4. The topological polar surface area (TPSA) is 35.2 Å². The molecule has 0 aromatic heterocycles. The van der Waals surface area contributed by atoms with Gasteiger partial charge in [0.05, 0.1) is 5.69 Å². The number of benzene rings is 2. The van der Waals surface area contributed by atoms with Crippen LogP contribution in [0.25, 0.3) is 0 Å². The van der Waals surface area contributed by atoms with Crippen LogP contribution in [0.3, 0.4) is 0 Å². The van der Waals surface area contributed by atoms with Crippen molar-refractivity contribution in [2.75, 3.05) is 5.73 Å². The van der Waals surface area contributed by atoms with E-state index >= 15 is 0 Å². The number of hydrogen-bond donors (Lipinski definition) is 1. The molecule has 2 N–H and O–H groups in total. The lowest BCUT2D eigenvalue weighted by atomic mass is 10.1. The molecule has 0 aliphatic carbocycles. The van der Waals surface area contributed by atoms with Crippen molar-refractivity contribution >= 4 is 5.69 Å². The van der Waals surface area contributed by atoms with Crippen molar-refractivity contribution in [3.8, 4) is 5.75 Å². The highest BCUT2D eigenvalue weighted by Gasteiger charge is 2.08. The summed E-state index contributed by atoms with van der Waals surface area (Å²) in [5.74, 6) is 0.406. The molecule has 0 atom stereocenters. The fourth-order valence-corrected chi connectivity index (χ4v) is 1.89. The van der Waals surface area contributed by atoms with Gasteiger partial charge in [0.1, 0.15) is 12.4 Å². The van der Waals surface area contributed by atoms with Gasteiger partial charge in [0, 0.05) is 5.56 Å². The second-order valence-electron chi connectivity index (χ2n) is 4.33. The molecule has 0 unspecified atom stereocenters. The summed E-state index contributed by atoms with van der Waals surface area (Å²) in [5.41, 5.74) is 8.22. The SMILES string of the molecule is Cc1cccc(C)c1OCc1cccc(N)c1F. The second-order valence-corrected chi connectivity index (χ2v) is 4.33. The van der Waals surface area contributed by atoms with Gasteiger partial charge >= 0.3 is 0 Å². The van der Waals surface area contributed by atoms with Crippen LogP contribution in [0, 0.1) is 19.7 Å². The molecule has 2 rings (SSSR count). The second kappa shape index (κ2) is 5.08. The third-order valence-electron chi connectivity index (χ3n) is 2.89. The third kappa shape index (κ3) is 2.45. The van der Waals surface area contributed by atoms with E-state index in [0.29, 0.717) is 5.56 Å². The minimum Gasteiger partial charge on any atom is -0.488 e. The zero-order valence-electron chi connectivity index (χ0n) is 10.5. The van der Waals surface area contributed by atoms with E-state index in [0.717, 1.165) is 16.9 Å². The number of para-hydroxylation sites is 1. The van der Waals surface area contributed by atoms with Gasteiger partial charge < -0.3 is 10.5 Å². The first-order valence-corrected chi connectivity index (χ1v) is 5.81. The molecule has 0 bridgehead atoms. The van der Waals surface area contributed by atoms with E-state index in [1.807, 2.05) is 32.0 Å². The highest BCUT2D eigenvalue weighted by molar-refractivity contribution is 5.43. The average molecular weight is 245 g/mol. The van der Waals surface area contributed by atoms with Gasteiger partial charge in [-0.15, -0.1) is 0 Å². The summed E-state index contributed by atoms with van der Waals surface area (Å²) < 4.78 is 19.4. The summed E-state index contributed by atoms with van der Waals surface area (Å²) in [7, 11) is 0. The molecule has 2 nitrogen and oxygen atoms in total. The van der Waals surface area contributed by atoms with E-state index in [1.165, 1.54) is 6.07 Å².